The number of likely N-dealkylation sites (N-methyl/N-ethyl adjacent to an activating group) is 1. The Morgan fingerprint density at radius 1 is 1.37 bits per heavy atom. The number of aromatic nitrogens is 4. The van der Waals surface area contributed by atoms with Gasteiger partial charge in [0.25, 0.3) is 0 Å². The Kier molecular flexibility index (Phi) is 3.16. The van der Waals surface area contributed by atoms with Gasteiger partial charge in [-0.15, -0.1) is 5.10 Å². The highest BCUT2D eigenvalue weighted by atomic mass is 15.5. The van der Waals surface area contributed by atoms with Crippen molar-refractivity contribution in [1.82, 2.24) is 25.1 Å². The molecule has 1 aliphatic rings. The molecule has 19 heavy (non-hydrogen) atoms. The van der Waals surface area contributed by atoms with E-state index in [1.54, 1.807) is 11.0 Å². The van der Waals surface area contributed by atoms with E-state index in [1.165, 1.54) is 6.42 Å². The largest absolute Gasteiger partial charge is 0.381 e. The third-order valence-corrected chi connectivity index (χ3v) is 3.57. The molecule has 6 nitrogen and oxygen atoms in total. The van der Waals surface area contributed by atoms with Gasteiger partial charge in [0, 0.05) is 18.3 Å². The zero-order valence-electron chi connectivity index (χ0n) is 11.2. The van der Waals surface area contributed by atoms with Crippen LogP contribution in [-0.2, 0) is 0 Å². The Balaban J connectivity index is 1.81. The van der Waals surface area contributed by atoms with Crippen molar-refractivity contribution in [2.24, 2.45) is 0 Å². The van der Waals surface area contributed by atoms with Crippen LogP contribution < -0.4 is 5.32 Å². The summed E-state index contributed by atoms with van der Waals surface area (Å²) in [4.78, 5) is 2.34. The van der Waals surface area contributed by atoms with Crippen molar-refractivity contribution in [2.75, 3.05) is 25.5 Å². The van der Waals surface area contributed by atoms with Gasteiger partial charge in [0.1, 0.15) is 6.33 Å². The fourth-order valence-electron chi connectivity index (χ4n) is 2.51. The normalized spacial score (nSPS) is 19.8. The van der Waals surface area contributed by atoms with Gasteiger partial charge in [-0.1, -0.05) is 6.07 Å². The van der Waals surface area contributed by atoms with Crippen LogP contribution in [0, 0.1) is 6.92 Å². The van der Waals surface area contributed by atoms with Crippen molar-refractivity contribution < 1.29 is 0 Å². The molecule has 3 rings (SSSR count). The molecule has 6 heteroatoms. The number of rotatable bonds is 3. The number of aryl methyl sites for hydroxylation is 1. The van der Waals surface area contributed by atoms with Gasteiger partial charge in [0.05, 0.1) is 5.69 Å². The van der Waals surface area contributed by atoms with Crippen LogP contribution in [0.15, 0.2) is 24.5 Å². The summed E-state index contributed by atoms with van der Waals surface area (Å²) in [6.45, 7) is 4.31. The summed E-state index contributed by atoms with van der Waals surface area (Å²) < 4.78 is 1.70. The second-order valence-electron chi connectivity index (χ2n) is 5.15. The molecule has 1 aromatic carbocycles. The first-order chi connectivity index (χ1) is 9.22. The highest BCUT2D eigenvalue weighted by Gasteiger charge is 2.19. The van der Waals surface area contributed by atoms with Gasteiger partial charge >= 0.3 is 0 Å². The molecular weight excluding hydrogens is 240 g/mol. The second-order valence-corrected chi connectivity index (χ2v) is 5.15. The molecule has 2 heterocycles. The van der Waals surface area contributed by atoms with Gasteiger partial charge in [-0.2, -0.15) is 0 Å². The minimum Gasteiger partial charge on any atom is -0.381 e. The smallest absolute Gasteiger partial charge is 0.143 e. The summed E-state index contributed by atoms with van der Waals surface area (Å²) >= 11 is 0. The Morgan fingerprint density at radius 3 is 2.95 bits per heavy atom. The molecule has 1 aromatic heterocycles. The number of nitrogens with one attached hydrogen (secondary N) is 1. The molecule has 100 valence electrons. The summed E-state index contributed by atoms with van der Waals surface area (Å²) in [5, 5.41) is 14.9. The maximum Gasteiger partial charge on any atom is 0.143 e. The van der Waals surface area contributed by atoms with Gasteiger partial charge in [0.2, 0.25) is 0 Å². The van der Waals surface area contributed by atoms with E-state index in [2.05, 4.69) is 57.9 Å². The summed E-state index contributed by atoms with van der Waals surface area (Å²) in [7, 11) is 2.16. The lowest BCUT2D eigenvalue weighted by Gasteiger charge is -2.15. The fourth-order valence-corrected chi connectivity index (χ4v) is 2.51. The van der Waals surface area contributed by atoms with Crippen molar-refractivity contribution in [1.29, 1.82) is 0 Å². The SMILES string of the molecule is Cc1ccc(NC2CCN(C)C2)cc1-n1cnnn1. The zero-order valence-corrected chi connectivity index (χ0v) is 11.2. The Hall–Kier alpha value is -1.95. The molecule has 0 aliphatic carbocycles. The van der Waals surface area contributed by atoms with Gasteiger partial charge in [-0.05, 0) is 55.1 Å². The van der Waals surface area contributed by atoms with E-state index >= 15 is 0 Å². The third kappa shape index (κ3) is 2.58. The number of nitrogens with zero attached hydrogens (tertiary/aromatic N) is 5. The molecule has 1 saturated heterocycles. The predicted molar refractivity (Wildman–Crippen MR) is 73.4 cm³/mol. The topological polar surface area (TPSA) is 58.9 Å². The highest BCUT2D eigenvalue weighted by molar-refractivity contribution is 5.55. The van der Waals surface area contributed by atoms with Crippen LogP contribution in [0.1, 0.15) is 12.0 Å². The van der Waals surface area contributed by atoms with Crippen LogP contribution in [0.3, 0.4) is 0 Å². The molecule has 0 radical (unpaired) electrons. The quantitative estimate of drug-likeness (QED) is 0.893. The predicted octanol–water partition coefficient (Wildman–Crippen LogP) is 1.09. The lowest BCUT2D eigenvalue weighted by molar-refractivity contribution is 0.414. The molecule has 2 aromatic rings. The molecular formula is C13H18N6. The average Bonchev–Trinajstić information content (AvgIpc) is 3.03. The number of likely N-dealkylation sites (tertiary alicyclic amines) is 1. The maximum atomic E-state index is 3.95. The summed E-state index contributed by atoms with van der Waals surface area (Å²) in [5.74, 6) is 0. The standard InChI is InChI=1S/C13H18N6/c1-10-3-4-11(15-12-5-6-18(2)8-12)7-13(10)19-9-14-16-17-19/h3-4,7,9,12,15H,5-6,8H2,1-2H3. The lowest BCUT2D eigenvalue weighted by atomic mass is 10.1. The van der Waals surface area contributed by atoms with Crippen LogP contribution in [0.2, 0.25) is 0 Å². The lowest BCUT2D eigenvalue weighted by Crippen LogP contribution is -2.23. The molecule has 0 bridgehead atoms. The van der Waals surface area contributed by atoms with Crippen LogP contribution >= 0.6 is 0 Å². The maximum absolute atomic E-state index is 3.95. The van der Waals surface area contributed by atoms with Crippen molar-refractivity contribution in [2.45, 2.75) is 19.4 Å². The van der Waals surface area contributed by atoms with Gasteiger partial charge in [0.15, 0.2) is 0 Å². The number of hydrogen-bond donors (Lipinski definition) is 1. The summed E-state index contributed by atoms with van der Waals surface area (Å²) in [6.07, 6.45) is 2.81. The van der Waals surface area contributed by atoms with Gasteiger partial charge in [-0.3, -0.25) is 0 Å². The summed E-state index contributed by atoms with van der Waals surface area (Å²) in [6, 6.07) is 6.83. The van der Waals surface area contributed by atoms with E-state index in [0.29, 0.717) is 6.04 Å². The monoisotopic (exact) mass is 258 g/mol. The van der Waals surface area contributed by atoms with E-state index in [-0.39, 0.29) is 0 Å². The number of benzene rings is 1. The summed E-state index contributed by atoms with van der Waals surface area (Å²) in [5.41, 5.74) is 3.29. The molecule has 1 unspecified atom stereocenters. The van der Waals surface area contributed by atoms with Crippen LogP contribution in [0.5, 0.6) is 0 Å². The van der Waals surface area contributed by atoms with E-state index in [9.17, 15) is 0 Å². The molecule has 0 saturated carbocycles. The van der Waals surface area contributed by atoms with E-state index in [1.807, 2.05) is 0 Å². The van der Waals surface area contributed by atoms with Crippen molar-refractivity contribution >= 4 is 5.69 Å². The second kappa shape index (κ2) is 4.97. The number of tetrazole rings is 1. The Bertz CT molecular complexity index is 550. The molecule has 0 spiro atoms. The minimum absolute atomic E-state index is 0.523. The first-order valence-corrected chi connectivity index (χ1v) is 6.51. The van der Waals surface area contributed by atoms with Crippen molar-refractivity contribution in [3.8, 4) is 5.69 Å². The van der Waals surface area contributed by atoms with E-state index in [4.69, 9.17) is 0 Å². The molecule has 1 fully saturated rings. The van der Waals surface area contributed by atoms with Crippen LogP contribution in [-0.4, -0.2) is 51.3 Å². The van der Waals surface area contributed by atoms with Crippen molar-refractivity contribution in [3.63, 3.8) is 0 Å². The van der Waals surface area contributed by atoms with E-state index < -0.39 is 0 Å². The molecule has 1 aliphatic heterocycles. The molecule has 0 amide bonds. The average molecular weight is 258 g/mol. The number of anilines is 1. The Labute approximate surface area is 112 Å². The van der Waals surface area contributed by atoms with Crippen LogP contribution in [0.25, 0.3) is 5.69 Å². The zero-order chi connectivity index (χ0) is 13.2. The first-order valence-electron chi connectivity index (χ1n) is 6.51. The first kappa shape index (κ1) is 12.1. The molecule has 1 atom stereocenters. The molecule has 1 N–H and O–H groups in total. The van der Waals surface area contributed by atoms with E-state index in [0.717, 1.165) is 30.0 Å². The minimum atomic E-state index is 0.523. The fraction of sp³-hybridized carbons (Fsp3) is 0.462. The Morgan fingerprint density at radius 2 is 2.26 bits per heavy atom. The third-order valence-electron chi connectivity index (χ3n) is 3.57. The van der Waals surface area contributed by atoms with Gasteiger partial charge in [-0.25, -0.2) is 4.68 Å². The van der Waals surface area contributed by atoms with Crippen molar-refractivity contribution in [3.05, 3.63) is 30.1 Å². The number of hydrogen-bond acceptors (Lipinski definition) is 5. The highest BCUT2D eigenvalue weighted by Crippen LogP contribution is 2.20. The van der Waals surface area contributed by atoms with Crippen LogP contribution in [0.4, 0.5) is 5.69 Å². The van der Waals surface area contributed by atoms with Gasteiger partial charge < -0.3 is 10.2 Å².